The SMILES string of the molecule is COCCC(N)C(=O)NCCn1ccnn1. The number of nitrogens with zero attached hydrogens (tertiary/aromatic N) is 3. The van der Waals surface area contributed by atoms with Crippen molar-refractivity contribution in [3.8, 4) is 0 Å². The Hall–Kier alpha value is -1.47. The lowest BCUT2D eigenvalue weighted by Gasteiger charge is -2.11. The zero-order chi connectivity index (χ0) is 11.8. The van der Waals surface area contributed by atoms with Crippen LogP contribution in [0.2, 0.25) is 0 Å². The lowest BCUT2D eigenvalue weighted by Crippen LogP contribution is -2.42. The van der Waals surface area contributed by atoms with E-state index in [2.05, 4.69) is 15.6 Å². The predicted octanol–water partition coefficient (Wildman–Crippen LogP) is -1.24. The first-order valence-corrected chi connectivity index (χ1v) is 5.10. The number of carbonyl (C=O) groups is 1. The third-order valence-electron chi connectivity index (χ3n) is 2.08. The van der Waals surface area contributed by atoms with Crippen molar-refractivity contribution < 1.29 is 9.53 Å². The van der Waals surface area contributed by atoms with Gasteiger partial charge in [-0.3, -0.25) is 9.48 Å². The molecular formula is C9H17N5O2. The highest BCUT2D eigenvalue weighted by molar-refractivity contribution is 5.81. The minimum Gasteiger partial charge on any atom is -0.385 e. The molecule has 0 bridgehead atoms. The van der Waals surface area contributed by atoms with Crippen LogP contribution in [0.3, 0.4) is 0 Å². The molecule has 90 valence electrons. The first-order valence-electron chi connectivity index (χ1n) is 5.10. The van der Waals surface area contributed by atoms with Crippen LogP contribution in [0.5, 0.6) is 0 Å². The van der Waals surface area contributed by atoms with Crippen LogP contribution in [0, 0.1) is 0 Å². The molecule has 0 radical (unpaired) electrons. The molecule has 7 nitrogen and oxygen atoms in total. The second-order valence-corrected chi connectivity index (χ2v) is 3.35. The topological polar surface area (TPSA) is 95.1 Å². The van der Waals surface area contributed by atoms with E-state index in [9.17, 15) is 4.79 Å². The van der Waals surface area contributed by atoms with Gasteiger partial charge < -0.3 is 15.8 Å². The van der Waals surface area contributed by atoms with E-state index in [0.717, 1.165) is 0 Å². The highest BCUT2D eigenvalue weighted by Gasteiger charge is 2.11. The summed E-state index contributed by atoms with van der Waals surface area (Å²) >= 11 is 0. The number of hydrogen-bond acceptors (Lipinski definition) is 5. The molecule has 1 amide bonds. The van der Waals surface area contributed by atoms with Gasteiger partial charge in [-0.25, -0.2) is 0 Å². The summed E-state index contributed by atoms with van der Waals surface area (Å²) in [5.41, 5.74) is 5.64. The average Bonchev–Trinajstić information content (AvgIpc) is 2.78. The number of rotatable bonds is 7. The van der Waals surface area contributed by atoms with E-state index in [0.29, 0.717) is 26.1 Å². The molecule has 1 atom stereocenters. The second kappa shape index (κ2) is 6.91. The van der Waals surface area contributed by atoms with Crippen LogP contribution < -0.4 is 11.1 Å². The molecule has 3 N–H and O–H groups in total. The molecule has 1 aromatic rings. The monoisotopic (exact) mass is 227 g/mol. The third-order valence-corrected chi connectivity index (χ3v) is 2.08. The summed E-state index contributed by atoms with van der Waals surface area (Å²) in [4.78, 5) is 11.4. The molecule has 0 saturated carbocycles. The number of nitrogens with two attached hydrogens (primary N) is 1. The van der Waals surface area contributed by atoms with Crippen molar-refractivity contribution in [2.24, 2.45) is 5.73 Å². The number of aromatic nitrogens is 3. The summed E-state index contributed by atoms with van der Waals surface area (Å²) in [6, 6.07) is -0.518. The second-order valence-electron chi connectivity index (χ2n) is 3.35. The first kappa shape index (κ1) is 12.6. The number of carbonyl (C=O) groups excluding carboxylic acids is 1. The van der Waals surface area contributed by atoms with E-state index in [4.69, 9.17) is 10.5 Å². The van der Waals surface area contributed by atoms with Gasteiger partial charge >= 0.3 is 0 Å². The highest BCUT2D eigenvalue weighted by atomic mass is 16.5. The van der Waals surface area contributed by atoms with Crippen molar-refractivity contribution >= 4 is 5.91 Å². The Morgan fingerprint density at radius 1 is 1.69 bits per heavy atom. The molecule has 0 saturated heterocycles. The fourth-order valence-electron chi connectivity index (χ4n) is 1.15. The summed E-state index contributed by atoms with van der Waals surface area (Å²) in [7, 11) is 1.58. The Kier molecular flexibility index (Phi) is 5.44. The molecule has 7 heteroatoms. The molecule has 16 heavy (non-hydrogen) atoms. The molecule has 1 aromatic heterocycles. The largest absolute Gasteiger partial charge is 0.385 e. The number of nitrogens with one attached hydrogen (secondary N) is 1. The molecular weight excluding hydrogens is 210 g/mol. The number of amides is 1. The normalized spacial score (nSPS) is 12.4. The van der Waals surface area contributed by atoms with Gasteiger partial charge in [0.25, 0.3) is 0 Å². The fraction of sp³-hybridized carbons (Fsp3) is 0.667. The van der Waals surface area contributed by atoms with Gasteiger partial charge in [0.2, 0.25) is 5.91 Å². The van der Waals surface area contributed by atoms with E-state index in [1.165, 1.54) is 0 Å². The minimum atomic E-state index is -0.518. The Balaban J connectivity index is 2.14. The molecule has 1 rings (SSSR count). The smallest absolute Gasteiger partial charge is 0.237 e. The average molecular weight is 227 g/mol. The summed E-state index contributed by atoms with van der Waals surface area (Å²) in [6.07, 6.45) is 3.84. The Labute approximate surface area is 93.9 Å². The summed E-state index contributed by atoms with van der Waals surface area (Å²) in [5, 5.41) is 10.1. The van der Waals surface area contributed by atoms with Crippen LogP contribution >= 0.6 is 0 Å². The van der Waals surface area contributed by atoms with Crippen molar-refractivity contribution in [1.29, 1.82) is 0 Å². The first-order chi connectivity index (χ1) is 7.74. The predicted molar refractivity (Wildman–Crippen MR) is 57.5 cm³/mol. The van der Waals surface area contributed by atoms with Crippen LogP contribution in [0.4, 0.5) is 0 Å². The lowest BCUT2D eigenvalue weighted by molar-refractivity contribution is -0.122. The maximum atomic E-state index is 11.4. The molecule has 0 aliphatic heterocycles. The van der Waals surface area contributed by atoms with E-state index in [1.807, 2.05) is 0 Å². The van der Waals surface area contributed by atoms with Gasteiger partial charge in [-0.15, -0.1) is 5.10 Å². The van der Waals surface area contributed by atoms with Crippen molar-refractivity contribution in [3.63, 3.8) is 0 Å². The van der Waals surface area contributed by atoms with Crippen molar-refractivity contribution in [3.05, 3.63) is 12.4 Å². The fourth-order valence-corrected chi connectivity index (χ4v) is 1.15. The highest BCUT2D eigenvalue weighted by Crippen LogP contribution is 1.89. The van der Waals surface area contributed by atoms with Crippen LogP contribution in [0.25, 0.3) is 0 Å². The van der Waals surface area contributed by atoms with Crippen molar-refractivity contribution in [2.75, 3.05) is 20.3 Å². The van der Waals surface area contributed by atoms with Gasteiger partial charge in [0.05, 0.1) is 18.8 Å². The quantitative estimate of drug-likeness (QED) is 0.607. The van der Waals surface area contributed by atoms with Crippen LogP contribution in [-0.4, -0.2) is 47.2 Å². The lowest BCUT2D eigenvalue weighted by atomic mass is 10.2. The van der Waals surface area contributed by atoms with Gasteiger partial charge in [-0.1, -0.05) is 5.21 Å². The molecule has 0 spiro atoms. The summed E-state index contributed by atoms with van der Waals surface area (Å²) in [6.45, 7) is 1.56. The third kappa shape index (κ3) is 4.37. The van der Waals surface area contributed by atoms with Crippen molar-refractivity contribution in [2.45, 2.75) is 19.0 Å². The van der Waals surface area contributed by atoms with E-state index < -0.39 is 6.04 Å². The molecule has 0 fully saturated rings. The van der Waals surface area contributed by atoms with Gasteiger partial charge in [-0.2, -0.15) is 0 Å². The molecule has 1 unspecified atom stereocenters. The van der Waals surface area contributed by atoms with E-state index in [1.54, 1.807) is 24.2 Å². The number of methoxy groups -OCH3 is 1. The van der Waals surface area contributed by atoms with Gasteiger partial charge in [-0.05, 0) is 6.42 Å². The van der Waals surface area contributed by atoms with Crippen LogP contribution in [-0.2, 0) is 16.1 Å². The van der Waals surface area contributed by atoms with E-state index in [-0.39, 0.29) is 5.91 Å². The Bertz CT molecular complexity index is 301. The Morgan fingerprint density at radius 2 is 2.50 bits per heavy atom. The summed E-state index contributed by atoms with van der Waals surface area (Å²) in [5.74, 6) is -0.169. The summed E-state index contributed by atoms with van der Waals surface area (Å²) < 4.78 is 6.48. The minimum absolute atomic E-state index is 0.169. The van der Waals surface area contributed by atoms with Gasteiger partial charge in [0, 0.05) is 26.5 Å². The zero-order valence-electron chi connectivity index (χ0n) is 9.30. The Morgan fingerprint density at radius 3 is 3.12 bits per heavy atom. The van der Waals surface area contributed by atoms with Crippen LogP contribution in [0.1, 0.15) is 6.42 Å². The maximum Gasteiger partial charge on any atom is 0.237 e. The molecule has 1 heterocycles. The van der Waals surface area contributed by atoms with Crippen LogP contribution in [0.15, 0.2) is 12.4 Å². The number of hydrogen-bond donors (Lipinski definition) is 2. The van der Waals surface area contributed by atoms with E-state index >= 15 is 0 Å². The molecule has 0 aliphatic carbocycles. The standard InChI is InChI=1S/C9H17N5O2/c1-16-7-2-8(10)9(15)11-3-5-14-6-4-12-13-14/h4,6,8H,2-3,5,7,10H2,1H3,(H,11,15). The van der Waals surface area contributed by atoms with Gasteiger partial charge in [0.15, 0.2) is 0 Å². The molecule has 0 aromatic carbocycles. The number of ether oxygens (including phenoxy) is 1. The maximum absolute atomic E-state index is 11.4. The molecule has 0 aliphatic rings. The zero-order valence-corrected chi connectivity index (χ0v) is 9.30. The van der Waals surface area contributed by atoms with Crippen molar-refractivity contribution in [1.82, 2.24) is 20.3 Å². The van der Waals surface area contributed by atoms with Gasteiger partial charge in [0.1, 0.15) is 0 Å².